The SMILES string of the molecule is CC(N)NC1CCCCC1O. The second-order valence-corrected chi connectivity index (χ2v) is 3.41. The lowest BCUT2D eigenvalue weighted by Gasteiger charge is -2.29. The minimum atomic E-state index is -0.185. The highest BCUT2D eigenvalue weighted by molar-refractivity contribution is 4.80. The van der Waals surface area contributed by atoms with E-state index in [0.717, 1.165) is 19.3 Å². The number of aliphatic hydroxyl groups excluding tert-OH is 1. The quantitative estimate of drug-likeness (QED) is 0.503. The Bertz CT molecular complexity index is 117. The Morgan fingerprint density at radius 2 is 2.09 bits per heavy atom. The van der Waals surface area contributed by atoms with Crippen LogP contribution in [0.1, 0.15) is 32.6 Å². The molecule has 3 nitrogen and oxygen atoms in total. The Kier molecular flexibility index (Phi) is 3.30. The largest absolute Gasteiger partial charge is 0.392 e. The molecule has 0 aliphatic heterocycles. The molecule has 1 aliphatic rings. The van der Waals surface area contributed by atoms with Crippen LogP contribution in [0.5, 0.6) is 0 Å². The first-order valence-corrected chi connectivity index (χ1v) is 4.40. The van der Waals surface area contributed by atoms with Crippen LogP contribution in [0, 0.1) is 0 Å². The molecule has 3 heteroatoms. The van der Waals surface area contributed by atoms with E-state index in [0.29, 0.717) is 0 Å². The molecule has 66 valence electrons. The van der Waals surface area contributed by atoms with Gasteiger partial charge in [0.15, 0.2) is 0 Å². The maximum Gasteiger partial charge on any atom is 0.0693 e. The van der Waals surface area contributed by atoms with Crippen molar-refractivity contribution in [1.29, 1.82) is 0 Å². The van der Waals surface area contributed by atoms with Crippen LogP contribution in [-0.4, -0.2) is 23.4 Å². The third kappa shape index (κ3) is 2.77. The fourth-order valence-electron chi connectivity index (χ4n) is 1.64. The first-order chi connectivity index (χ1) is 5.20. The molecule has 11 heavy (non-hydrogen) atoms. The van der Waals surface area contributed by atoms with Crippen molar-refractivity contribution >= 4 is 0 Å². The molecule has 1 aliphatic carbocycles. The lowest BCUT2D eigenvalue weighted by atomic mass is 9.92. The van der Waals surface area contributed by atoms with Gasteiger partial charge in [-0.3, -0.25) is 5.32 Å². The van der Waals surface area contributed by atoms with Crippen molar-refractivity contribution in [3.8, 4) is 0 Å². The van der Waals surface area contributed by atoms with E-state index in [4.69, 9.17) is 5.73 Å². The molecular weight excluding hydrogens is 140 g/mol. The molecule has 0 aromatic carbocycles. The van der Waals surface area contributed by atoms with E-state index in [-0.39, 0.29) is 18.3 Å². The van der Waals surface area contributed by atoms with Crippen LogP contribution >= 0.6 is 0 Å². The summed E-state index contributed by atoms with van der Waals surface area (Å²) in [6, 6.07) is 0.226. The molecule has 0 bridgehead atoms. The van der Waals surface area contributed by atoms with Gasteiger partial charge in [0, 0.05) is 6.04 Å². The van der Waals surface area contributed by atoms with Gasteiger partial charge in [0.1, 0.15) is 0 Å². The number of nitrogens with one attached hydrogen (secondary N) is 1. The number of aliphatic hydroxyl groups is 1. The first kappa shape index (κ1) is 8.97. The van der Waals surface area contributed by atoms with Gasteiger partial charge in [-0.1, -0.05) is 12.8 Å². The van der Waals surface area contributed by atoms with Crippen molar-refractivity contribution in [2.24, 2.45) is 5.73 Å². The molecule has 0 aromatic heterocycles. The van der Waals surface area contributed by atoms with Gasteiger partial charge in [0.05, 0.1) is 12.3 Å². The highest BCUT2D eigenvalue weighted by Gasteiger charge is 2.22. The average Bonchev–Trinajstić information content (AvgIpc) is 1.93. The minimum Gasteiger partial charge on any atom is -0.392 e. The highest BCUT2D eigenvalue weighted by atomic mass is 16.3. The van der Waals surface area contributed by atoms with Gasteiger partial charge in [0.25, 0.3) is 0 Å². The number of rotatable bonds is 2. The Morgan fingerprint density at radius 1 is 1.45 bits per heavy atom. The number of nitrogens with two attached hydrogens (primary N) is 1. The van der Waals surface area contributed by atoms with E-state index in [1.807, 2.05) is 6.92 Å². The summed E-state index contributed by atoms with van der Waals surface area (Å²) in [7, 11) is 0. The maximum atomic E-state index is 9.50. The summed E-state index contributed by atoms with van der Waals surface area (Å²) in [5.41, 5.74) is 5.56. The van der Waals surface area contributed by atoms with Crippen LogP contribution in [-0.2, 0) is 0 Å². The van der Waals surface area contributed by atoms with Gasteiger partial charge in [-0.15, -0.1) is 0 Å². The van der Waals surface area contributed by atoms with Crippen LogP contribution in [0.3, 0.4) is 0 Å². The summed E-state index contributed by atoms with van der Waals surface area (Å²) in [5, 5.41) is 12.7. The van der Waals surface area contributed by atoms with Crippen LogP contribution in [0.25, 0.3) is 0 Å². The monoisotopic (exact) mass is 158 g/mol. The summed E-state index contributed by atoms with van der Waals surface area (Å²) in [4.78, 5) is 0. The molecule has 0 saturated heterocycles. The third-order valence-electron chi connectivity index (χ3n) is 2.21. The smallest absolute Gasteiger partial charge is 0.0693 e. The highest BCUT2D eigenvalue weighted by Crippen LogP contribution is 2.18. The van der Waals surface area contributed by atoms with Gasteiger partial charge in [-0.05, 0) is 19.8 Å². The molecule has 0 radical (unpaired) electrons. The minimum absolute atomic E-state index is 0.00671. The lowest BCUT2D eigenvalue weighted by Crippen LogP contribution is -2.49. The predicted molar refractivity (Wildman–Crippen MR) is 45.0 cm³/mol. The Morgan fingerprint density at radius 3 is 2.64 bits per heavy atom. The number of hydrogen-bond acceptors (Lipinski definition) is 3. The van der Waals surface area contributed by atoms with Crippen LogP contribution in [0.15, 0.2) is 0 Å². The zero-order valence-electron chi connectivity index (χ0n) is 7.09. The zero-order valence-corrected chi connectivity index (χ0v) is 7.09. The summed E-state index contributed by atoms with van der Waals surface area (Å²) in [6.07, 6.45) is 4.15. The molecule has 0 amide bonds. The predicted octanol–water partition coefficient (Wildman–Crippen LogP) is 0.184. The van der Waals surface area contributed by atoms with Crippen molar-refractivity contribution in [3.63, 3.8) is 0 Å². The van der Waals surface area contributed by atoms with Crippen molar-refractivity contribution in [2.45, 2.75) is 50.9 Å². The normalized spacial score (nSPS) is 35.2. The van der Waals surface area contributed by atoms with Crippen LogP contribution in [0.4, 0.5) is 0 Å². The molecule has 1 rings (SSSR count). The van der Waals surface area contributed by atoms with Gasteiger partial charge in [-0.2, -0.15) is 0 Å². The standard InChI is InChI=1S/C8H18N2O/c1-6(9)10-7-4-2-3-5-8(7)11/h6-8,10-11H,2-5,9H2,1H3. The molecule has 0 spiro atoms. The van der Waals surface area contributed by atoms with E-state index in [9.17, 15) is 5.11 Å². The molecule has 4 N–H and O–H groups in total. The van der Waals surface area contributed by atoms with Gasteiger partial charge < -0.3 is 10.8 Å². The van der Waals surface area contributed by atoms with Crippen molar-refractivity contribution in [2.75, 3.05) is 0 Å². The Hall–Kier alpha value is -0.120. The van der Waals surface area contributed by atoms with Crippen LogP contribution in [0.2, 0.25) is 0 Å². The van der Waals surface area contributed by atoms with E-state index in [2.05, 4.69) is 5.32 Å². The summed E-state index contributed by atoms with van der Waals surface area (Å²) >= 11 is 0. The first-order valence-electron chi connectivity index (χ1n) is 4.40. The second-order valence-electron chi connectivity index (χ2n) is 3.41. The molecular formula is C8H18N2O. The molecule has 1 saturated carbocycles. The maximum absolute atomic E-state index is 9.50. The molecule has 0 heterocycles. The molecule has 1 fully saturated rings. The van der Waals surface area contributed by atoms with Gasteiger partial charge in [-0.25, -0.2) is 0 Å². The van der Waals surface area contributed by atoms with Gasteiger partial charge >= 0.3 is 0 Å². The fraction of sp³-hybridized carbons (Fsp3) is 1.00. The van der Waals surface area contributed by atoms with Crippen LogP contribution < -0.4 is 11.1 Å². The van der Waals surface area contributed by atoms with Crippen molar-refractivity contribution in [1.82, 2.24) is 5.32 Å². The van der Waals surface area contributed by atoms with E-state index in [1.54, 1.807) is 0 Å². The Labute approximate surface area is 68.0 Å². The van der Waals surface area contributed by atoms with E-state index < -0.39 is 0 Å². The van der Waals surface area contributed by atoms with Crippen molar-refractivity contribution in [3.05, 3.63) is 0 Å². The molecule has 0 aromatic rings. The summed E-state index contributed by atoms with van der Waals surface area (Å²) < 4.78 is 0. The van der Waals surface area contributed by atoms with Gasteiger partial charge in [0.2, 0.25) is 0 Å². The Balaban J connectivity index is 2.29. The summed E-state index contributed by atoms with van der Waals surface area (Å²) in [5.74, 6) is 0. The molecule has 3 atom stereocenters. The molecule has 3 unspecified atom stereocenters. The average molecular weight is 158 g/mol. The topological polar surface area (TPSA) is 58.3 Å². The lowest BCUT2D eigenvalue weighted by molar-refractivity contribution is 0.0863. The van der Waals surface area contributed by atoms with E-state index >= 15 is 0 Å². The van der Waals surface area contributed by atoms with E-state index in [1.165, 1.54) is 6.42 Å². The van der Waals surface area contributed by atoms with Crippen molar-refractivity contribution < 1.29 is 5.11 Å². The third-order valence-corrected chi connectivity index (χ3v) is 2.21. The fourth-order valence-corrected chi connectivity index (χ4v) is 1.64. The number of hydrogen-bond donors (Lipinski definition) is 3. The summed E-state index contributed by atoms with van der Waals surface area (Å²) in [6.45, 7) is 1.90. The zero-order chi connectivity index (χ0) is 8.27. The second kappa shape index (κ2) is 4.04.